The van der Waals surface area contributed by atoms with Crippen LogP contribution < -0.4 is 10.1 Å². The van der Waals surface area contributed by atoms with Crippen LogP contribution in [0.2, 0.25) is 0 Å². The Bertz CT molecular complexity index is 771. The third-order valence-electron chi connectivity index (χ3n) is 4.08. The Morgan fingerprint density at radius 2 is 2.00 bits per heavy atom. The van der Waals surface area contributed by atoms with Crippen molar-refractivity contribution >= 4 is 17.7 Å². The number of fused-ring (bicyclic) bond motifs is 1. The highest BCUT2D eigenvalue weighted by atomic mass is 16.5. The molecule has 0 unspecified atom stereocenters. The van der Waals surface area contributed by atoms with Crippen molar-refractivity contribution in [3.8, 4) is 5.75 Å². The molecule has 0 radical (unpaired) electrons. The van der Waals surface area contributed by atoms with Gasteiger partial charge in [-0.3, -0.25) is 0 Å². The van der Waals surface area contributed by atoms with Crippen molar-refractivity contribution in [1.82, 2.24) is 4.90 Å². The fourth-order valence-corrected chi connectivity index (χ4v) is 2.67. The highest BCUT2D eigenvalue weighted by Gasteiger charge is 2.23. The fraction of sp³-hybridized carbons (Fsp3) is 0.222. The van der Waals surface area contributed by atoms with Crippen LogP contribution in [0.3, 0.4) is 0 Å². The molecule has 2 aromatic rings. The molecule has 6 heteroatoms. The molecule has 2 aromatic carbocycles. The number of rotatable bonds is 5. The first-order valence-electron chi connectivity index (χ1n) is 7.62. The van der Waals surface area contributed by atoms with Gasteiger partial charge in [0.25, 0.3) is 0 Å². The summed E-state index contributed by atoms with van der Waals surface area (Å²) in [5.74, 6) is -0.202. The molecule has 0 spiro atoms. The molecular weight excluding hydrogens is 308 g/mol. The Hall–Kier alpha value is -3.02. The normalized spacial score (nSPS) is 13.2. The molecule has 0 bridgehead atoms. The summed E-state index contributed by atoms with van der Waals surface area (Å²) in [6.45, 7) is 1.05. The van der Waals surface area contributed by atoms with E-state index in [-0.39, 0.29) is 11.6 Å². The molecule has 2 amide bonds. The van der Waals surface area contributed by atoms with Crippen molar-refractivity contribution in [3.63, 3.8) is 0 Å². The van der Waals surface area contributed by atoms with Gasteiger partial charge in [-0.25, -0.2) is 9.59 Å². The molecule has 0 aromatic heterocycles. The van der Waals surface area contributed by atoms with Gasteiger partial charge < -0.3 is 20.1 Å². The molecule has 1 aliphatic rings. The number of carbonyl (C=O) groups is 2. The minimum Gasteiger partial charge on any atom is -0.497 e. The summed E-state index contributed by atoms with van der Waals surface area (Å²) in [4.78, 5) is 24.9. The van der Waals surface area contributed by atoms with Crippen LogP contribution in [0.5, 0.6) is 5.75 Å². The van der Waals surface area contributed by atoms with Crippen LogP contribution in [-0.4, -0.2) is 35.7 Å². The van der Waals surface area contributed by atoms with E-state index < -0.39 is 5.97 Å². The summed E-state index contributed by atoms with van der Waals surface area (Å²) in [6, 6.07) is 12.3. The van der Waals surface area contributed by atoms with Crippen molar-refractivity contribution in [2.45, 2.75) is 13.0 Å². The number of benzene rings is 2. The zero-order chi connectivity index (χ0) is 17.1. The molecule has 0 saturated carbocycles. The molecule has 0 saturated heterocycles. The lowest BCUT2D eigenvalue weighted by atomic mass is 10.1. The Balaban J connectivity index is 1.67. The molecule has 0 aliphatic carbocycles. The van der Waals surface area contributed by atoms with Crippen molar-refractivity contribution in [2.75, 3.05) is 19.0 Å². The van der Waals surface area contributed by atoms with E-state index in [9.17, 15) is 9.59 Å². The number of nitrogens with zero attached hydrogens (tertiary/aromatic N) is 1. The van der Waals surface area contributed by atoms with Crippen LogP contribution in [-0.2, 0) is 13.0 Å². The molecule has 3 rings (SSSR count). The largest absolute Gasteiger partial charge is 0.497 e. The average molecular weight is 326 g/mol. The van der Waals surface area contributed by atoms with Gasteiger partial charge in [0.05, 0.1) is 12.7 Å². The molecule has 1 heterocycles. The van der Waals surface area contributed by atoms with Crippen LogP contribution in [0.25, 0.3) is 0 Å². The number of hydrogen-bond donors (Lipinski definition) is 2. The summed E-state index contributed by atoms with van der Waals surface area (Å²) >= 11 is 0. The highest BCUT2D eigenvalue weighted by Crippen LogP contribution is 2.25. The molecule has 124 valence electrons. The van der Waals surface area contributed by atoms with Gasteiger partial charge in [-0.15, -0.1) is 0 Å². The van der Waals surface area contributed by atoms with E-state index in [4.69, 9.17) is 9.84 Å². The maximum Gasteiger partial charge on any atom is 0.335 e. The van der Waals surface area contributed by atoms with Crippen LogP contribution in [0.1, 0.15) is 21.5 Å². The van der Waals surface area contributed by atoms with E-state index >= 15 is 0 Å². The summed E-state index contributed by atoms with van der Waals surface area (Å²) in [6.07, 6.45) is 0.736. The maximum atomic E-state index is 12.2. The van der Waals surface area contributed by atoms with E-state index in [1.807, 2.05) is 24.3 Å². The van der Waals surface area contributed by atoms with Crippen molar-refractivity contribution < 1.29 is 19.4 Å². The molecular formula is C18H18N2O4. The topological polar surface area (TPSA) is 78.9 Å². The van der Waals surface area contributed by atoms with Gasteiger partial charge in [0.15, 0.2) is 0 Å². The first-order valence-corrected chi connectivity index (χ1v) is 7.62. The maximum absolute atomic E-state index is 12.2. The number of carboxylic acid groups (broad SMARTS) is 1. The van der Waals surface area contributed by atoms with Gasteiger partial charge in [0.1, 0.15) is 5.75 Å². The summed E-state index contributed by atoms with van der Waals surface area (Å²) < 4.78 is 5.13. The number of nitrogens with one attached hydrogen (secondary N) is 1. The van der Waals surface area contributed by atoms with Gasteiger partial charge in [-0.2, -0.15) is 0 Å². The number of ether oxygens (including phenoxy) is 1. The molecule has 6 nitrogen and oxygen atoms in total. The second kappa shape index (κ2) is 6.62. The number of hydrogen-bond acceptors (Lipinski definition) is 3. The zero-order valence-corrected chi connectivity index (χ0v) is 13.3. The Kier molecular flexibility index (Phi) is 4.37. The lowest BCUT2D eigenvalue weighted by Crippen LogP contribution is -2.39. The monoisotopic (exact) mass is 326 g/mol. The minimum absolute atomic E-state index is 0.167. The minimum atomic E-state index is -1.01. The molecule has 24 heavy (non-hydrogen) atoms. The predicted molar refractivity (Wildman–Crippen MR) is 89.5 cm³/mol. The van der Waals surface area contributed by atoms with Gasteiger partial charge in [0, 0.05) is 18.8 Å². The second-order valence-electron chi connectivity index (χ2n) is 5.63. The van der Waals surface area contributed by atoms with E-state index in [0.717, 1.165) is 23.3 Å². The van der Waals surface area contributed by atoms with E-state index in [1.165, 1.54) is 6.07 Å². The number of methoxy groups -OCH3 is 1. The second-order valence-corrected chi connectivity index (χ2v) is 5.63. The number of carboxylic acids is 1. The van der Waals surface area contributed by atoms with Crippen LogP contribution in [0, 0.1) is 0 Å². The molecule has 2 N–H and O–H groups in total. The number of carbonyl (C=O) groups excluding carboxylic acids is 1. The average Bonchev–Trinajstić information content (AvgIpc) is 2.59. The van der Waals surface area contributed by atoms with Gasteiger partial charge >= 0.3 is 12.0 Å². The van der Waals surface area contributed by atoms with Crippen molar-refractivity contribution in [2.24, 2.45) is 0 Å². The van der Waals surface area contributed by atoms with Gasteiger partial charge in [-0.1, -0.05) is 18.2 Å². The lowest BCUT2D eigenvalue weighted by Gasteiger charge is -2.29. The molecule has 0 atom stereocenters. The lowest BCUT2D eigenvalue weighted by molar-refractivity contribution is 0.0696. The first kappa shape index (κ1) is 15.9. The smallest absolute Gasteiger partial charge is 0.335 e. The third kappa shape index (κ3) is 3.32. The Morgan fingerprint density at radius 3 is 2.67 bits per heavy atom. The van der Waals surface area contributed by atoms with E-state index in [2.05, 4.69) is 5.32 Å². The first-order chi connectivity index (χ1) is 11.6. The SMILES string of the molecule is COc1ccc(CCN2Cc3ccc(C(=O)O)cc3NC2=O)cc1. The standard InChI is InChI=1S/C18H18N2O4/c1-24-15-6-2-12(3-7-15)8-9-20-11-14-5-4-13(17(21)22)10-16(14)19-18(20)23/h2-7,10H,8-9,11H2,1H3,(H,19,23)(H,21,22). The number of aromatic carboxylic acids is 1. The number of urea groups is 1. The third-order valence-corrected chi connectivity index (χ3v) is 4.08. The molecule has 0 fully saturated rings. The van der Waals surface area contributed by atoms with Gasteiger partial charge in [0.2, 0.25) is 0 Å². The Labute approximate surface area is 139 Å². The van der Waals surface area contributed by atoms with E-state index in [0.29, 0.717) is 18.8 Å². The number of anilines is 1. The van der Waals surface area contributed by atoms with Crippen molar-refractivity contribution in [1.29, 1.82) is 0 Å². The van der Waals surface area contributed by atoms with Gasteiger partial charge in [-0.05, 0) is 41.8 Å². The van der Waals surface area contributed by atoms with Crippen LogP contribution >= 0.6 is 0 Å². The summed E-state index contributed by atoms with van der Waals surface area (Å²) in [5.41, 5.74) is 2.77. The van der Waals surface area contributed by atoms with E-state index in [1.54, 1.807) is 24.1 Å². The highest BCUT2D eigenvalue weighted by molar-refractivity contribution is 5.95. The van der Waals surface area contributed by atoms with Crippen molar-refractivity contribution in [3.05, 3.63) is 59.2 Å². The fourth-order valence-electron chi connectivity index (χ4n) is 2.67. The quantitative estimate of drug-likeness (QED) is 0.885. The van der Waals surface area contributed by atoms with Crippen LogP contribution in [0.15, 0.2) is 42.5 Å². The summed E-state index contributed by atoms with van der Waals surface area (Å²) in [5, 5.41) is 11.8. The Morgan fingerprint density at radius 1 is 1.25 bits per heavy atom. The number of amides is 2. The molecule has 1 aliphatic heterocycles. The zero-order valence-electron chi connectivity index (χ0n) is 13.3. The summed E-state index contributed by atoms with van der Waals surface area (Å²) in [7, 11) is 1.63. The van der Waals surface area contributed by atoms with Crippen LogP contribution in [0.4, 0.5) is 10.5 Å². The predicted octanol–water partition coefficient (Wildman–Crippen LogP) is 2.98.